The van der Waals surface area contributed by atoms with Crippen molar-refractivity contribution in [3.05, 3.63) is 11.7 Å². The molecule has 1 aromatic heterocycles. The molecule has 1 aliphatic rings. The lowest BCUT2D eigenvalue weighted by atomic mass is 9.84. The molecular formula is C19H34N4O5S. The third-order valence-electron chi connectivity index (χ3n) is 5.00. The summed E-state index contributed by atoms with van der Waals surface area (Å²) in [5, 5.41) is 13.0. The summed E-state index contributed by atoms with van der Waals surface area (Å²) in [6, 6.07) is 0. The van der Waals surface area contributed by atoms with E-state index in [2.05, 4.69) is 19.6 Å². The van der Waals surface area contributed by atoms with Crippen molar-refractivity contribution in [2.75, 3.05) is 0 Å². The Balaban J connectivity index is 1.90. The molecule has 0 spiro atoms. The zero-order valence-corrected chi connectivity index (χ0v) is 18.4. The molecule has 2 rings (SSSR count). The van der Waals surface area contributed by atoms with Gasteiger partial charge in [-0.1, -0.05) is 50.1 Å². The molecule has 0 amide bonds. The number of hydrogen-bond donors (Lipinski definition) is 3. The second kappa shape index (κ2) is 10.5. The maximum atomic E-state index is 12.0. The summed E-state index contributed by atoms with van der Waals surface area (Å²) in [7, 11) is -3.71. The highest BCUT2D eigenvalue weighted by Crippen LogP contribution is 2.31. The summed E-state index contributed by atoms with van der Waals surface area (Å²) in [5.41, 5.74) is -0.612. The molecule has 10 heteroatoms. The van der Waals surface area contributed by atoms with Crippen molar-refractivity contribution >= 4 is 16.2 Å². The van der Waals surface area contributed by atoms with E-state index in [4.69, 9.17) is 4.52 Å². The molecule has 0 radical (unpaired) electrons. The highest BCUT2D eigenvalue weighted by atomic mass is 32.2. The monoisotopic (exact) mass is 430 g/mol. The Morgan fingerprint density at radius 3 is 2.59 bits per heavy atom. The Hall–Kier alpha value is -1.52. The van der Waals surface area contributed by atoms with Gasteiger partial charge < -0.3 is 9.63 Å². The lowest BCUT2D eigenvalue weighted by Crippen LogP contribution is -2.46. The van der Waals surface area contributed by atoms with Gasteiger partial charge in [-0.3, -0.25) is 4.79 Å². The van der Waals surface area contributed by atoms with Crippen molar-refractivity contribution in [2.24, 2.45) is 5.92 Å². The molecule has 0 aliphatic heterocycles. The fourth-order valence-electron chi connectivity index (χ4n) is 3.76. The highest BCUT2D eigenvalue weighted by molar-refractivity contribution is 7.87. The second-order valence-electron chi connectivity index (χ2n) is 8.96. The molecule has 0 bridgehead atoms. The topological polar surface area (TPSA) is 134 Å². The van der Waals surface area contributed by atoms with E-state index < -0.39 is 21.7 Å². The van der Waals surface area contributed by atoms with Crippen LogP contribution in [0.25, 0.3) is 0 Å². The van der Waals surface area contributed by atoms with Gasteiger partial charge in [0.15, 0.2) is 5.82 Å². The van der Waals surface area contributed by atoms with Gasteiger partial charge in [0, 0.05) is 11.5 Å². The van der Waals surface area contributed by atoms with Crippen LogP contribution in [0, 0.1) is 5.92 Å². The fraction of sp³-hybridized carbons (Fsp3) is 0.842. The molecule has 1 saturated carbocycles. The van der Waals surface area contributed by atoms with Crippen molar-refractivity contribution in [2.45, 2.75) is 96.6 Å². The van der Waals surface area contributed by atoms with Crippen LogP contribution in [0.1, 0.15) is 96.2 Å². The number of carboxylic acid groups (broad SMARTS) is 1. The Bertz CT molecular complexity index is 751. The standard InChI is InChI=1S/C19H34N4O5S/c1-19(2,3)23-29(26,27)20-13-16-21-18(28-22-16)15(12-17(24)25)11-7-10-14-8-5-4-6-9-14/h14-15,20,23H,4-13H2,1-3H3,(H,24,25)/t15-/m1/s1. The van der Waals surface area contributed by atoms with Crippen molar-refractivity contribution < 1.29 is 22.8 Å². The first-order valence-corrected chi connectivity index (χ1v) is 11.9. The van der Waals surface area contributed by atoms with Crippen LogP contribution in [0.4, 0.5) is 0 Å². The van der Waals surface area contributed by atoms with Gasteiger partial charge in [-0.15, -0.1) is 0 Å². The molecule has 29 heavy (non-hydrogen) atoms. The smallest absolute Gasteiger partial charge is 0.304 e. The third-order valence-corrected chi connectivity index (χ3v) is 6.41. The van der Waals surface area contributed by atoms with Crippen LogP contribution in [0.5, 0.6) is 0 Å². The van der Waals surface area contributed by atoms with E-state index >= 15 is 0 Å². The molecular weight excluding hydrogens is 396 g/mol. The fourth-order valence-corrected chi connectivity index (χ4v) is 4.95. The maximum absolute atomic E-state index is 12.0. The number of carboxylic acids is 1. The van der Waals surface area contributed by atoms with E-state index in [1.54, 1.807) is 20.8 Å². The Labute approximate surface area is 173 Å². The van der Waals surface area contributed by atoms with E-state index in [9.17, 15) is 18.3 Å². The minimum Gasteiger partial charge on any atom is -0.481 e. The van der Waals surface area contributed by atoms with Crippen LogP contribution in [0.15, 0.2) is 4.52 Å². The van der Waals surface area contributed by atoms with Crippen molar-refractivity contribution in [3.8, 4) is 0 Å². The number of carbonyl (C=O) groups is 1. The number of aromatic nitrogens is 2. The van der Waals surface area contributed by atoms with Crippen LogP contribution in [0.2, 0.25) is 0 Å². The van der Waals surface area contributed by atoms with Crippen LogP contribution in [0.3, 0.4) is 0 Å². The Morgan fingerprint density at radius 1 is 1.28 bits per heavy atom. The lowest BCUT2D eigenvalue weighted by Gasteiger charge is -2.21. The van der Waals surface area contributed by atoms with Gasteiger partial charge in [0.2, 0.25) is 5.89 Å². The summed E-state index contributed by atoms with van der Waals surface area (Å²) in [6.45, 7) is 5.09. The highest BCUT2D eigenvalue weighted by Gasteiger charge is 2.24. The van der Waals surface area contributed by atoms with Gasteiger partial charge in [-0.2, -0.15) is 22.8 Å². The SMILES string of the molecule is CC(C)(C)NS(=O)(=O)NCc1noc([C@H](CCCC2CCCCC2)CC(=O)O)n1. The summed E-state index contributed by atoms with van der Waals surface area (Å²) in [6.07, 6.45) is 9.02. The lowest BCUT2D eigenvalue weighted by molar-refractivity contribution is -0.137. The summed E-state index contributed by atoms with van der Waals surface area (Å²) < 4.78 is 34.1. The Kier molecular flexibility index (Phi) is 8.59. The minimum absolute atomic E-state index is 0.0798. The number of nitrogens with zero attached hydrogens (tertiary/aromatic N) is 2. The molecule has 0 aromatic carbocycles. The number of aliphatic carboxylic acids is 1. The minimum atomic E-state index is -3.71. The summed E-state index contributed by atoms with van der Waals surface area (Å²) in [4.78, 5) is 15.5. The van der Waals surface area contributed by atoms with Crippen LogP contribution < -0.4 is 9.44 Å². The maximum Gasteiger partial charge on any atom is 0.304 e. The second-order valence-corrected chi connectivity index (χ2v) is 10.5. The predicted octanol–water partition coefficient (Wildman–Crippen LogP) is 3.10. The molecule has 0 saturated heterocycles. The molecule has 166 valence electrons. The van der Waals surface area contributed by atoms with Gasteiger partial charge >= 0.3 is 5.97 Å². The van der Waals surface area contributed by atoms with Crippen LogP contribution in [-0.4, -0.2) is 35.2 Å². The normalized spacial score (nSPS) is 17.3. The number of hydrogen-bond acceptors (Lipinski definition) is 6. The average molecular weight is 431 g/mol. The molecule has 3 N–H and O–H groups in total. The number of rotatable bonds is 11. The molecule has 1 fully saturated rings. The van der Waals surface area contributed by atoms with E-state index in [1.807, 2.05) is 0 Å². The molecule has 0 unspecified atom stereocenters. The largest absolute Gasteiger partial charge is 0.481 e. The first-order chi connectivity index (χ1) is 13.5. The zero-order chi connectivity index (χ0) is 21.5. The van der Waals surface area contributed by atoms with Crippen molar-refractivity contribution in [1.82, 2.24) is 19.6 Å². The van der Waals surface area contributed by atoms with Gasteiger partial charge in [-0.25, -0.2) is 0 Å². The van der Waals surface area contributed by atoms with Crippen LogP contribution in [-0.2, 0) is 21.5 Å². The first kappa shape index (κ1) is 23.8. The predicted molar refractivity (Wildman–Crippen MR) is 108 cm³/mol. The molecule has 1 aromatic rings. The van der Waals surface area contributed by atoms with Crippen molar-refractivity contribution in [3.63, 3.8) is 0 Å². The molecule has 1 heterocycles. The third kappa shape index (κ3) is 9.22. The quantitative estimate of drug-likeness (QED) is 0.491. The zero-order valence-electron chi connectivity index (χ0n) is 17.6. The van der Waals surface area contributed by atoms with Gasteiger partial charge in [-0.05, 0) is 33.1 Å². The average Bonchev–Trinajstić information content (AvgIpc) is 3.07. The van der Waals surface area contributed by atoms with Gasteiger partial charge in [0.25, 0.3) is 10.2 Å². The summed E-state index contributed by atoms with van der Waals surface area (Å²) in [5.74, 6) is -0.0997. The first-order valence-electron chi connectivity index (χ1n) is 10.4. The van der Waals surface area contributed by atoms with Gasteiger partial charge in [0.1, 0.15) is 0 Å². The molecule has 9 nitrogen and oxygen atoms in total. The van der Waals surface area contributed by atoms with E-state index in [1.165, 1.54) is 32.1 Å². The summed E-state index contributed by atoms with van der Waals surface area (Å²) >= 11 is 0. The molecule has 1 atom stereocenters. The molecule has 1 aliphatic carbocycles. The number of nitrogens with one attached hydrogen (secondary N) is 2. The van der Waals surface area contributed by atoms with E-state index in [0.717, 1.165) is 18.8 Å². The van der Waals surface area contributed by atoms with Crippen LogP contribution >= 0.6 is 0 Å². The van der Waals surface area contributed by atoms with E-state index in [-0.39, 0.29) is 30.6 Å². The Morgan fingerprint density at radius 2 is 1.97 bits per heavy atom. The van der Waals surface area contributed by atoms with E-state index in [0.29, 0.717) is 6.42 Å². The van der Waals surface area contributed by atoms with Gasteiger partial charge in [0.05, 0.1) is 13.0 Å². The van der Waals surface area contributed by atoms with Crippen molar-refractivity contribution in [1.29, 1.82) is 0 Å².